The Balaban J connectivity index is 1.38. The van der Waals surface area contributed by atoms with Crippen LogP contribution in [0.1, 0.15) is 35.7 Å². The van der Waals surface area contributed by atoms with Gasteiger partial charge in [-0.25, -0.2) is 12.8 Å². The summed E-state index contributed by atoms with van der Waals surface area (Å²) in [6.45, 7) is 1.13. The van der Waals surface area contributed by atoms with Crippen LogP contribution < -0.4 is 10.6 Å². The van der Waals surface area contributed by atoms with E-state index in [0.29, 0.717) is 18.8 Å². The number of carbonyl (C=O) groups excluding carboxylic acids is 1. The smallest absolute Gasteiger partial charge is 0.243 e. The highest BCUT2D eigenvalue weighted by atomic mass is 32.2. The molecule has 174 valence electrons. The topological polar surface area (TPSA) is 78.5 Å². The van der Waals surface area contributed by atoms with E-state index < -0.39 is 10.0 Å². The summed E-state index contributed by atoms with van der Waals surface area (Å²) in [5.41, 5.74) is 1.38. The molecule has 4 rings (SSSR count). The highest BCUT2D eigenvalue weighted by Gasteiger charge is 2.25. The first-order chi connectivity index (χ1) is 15.9. The Labute approximate surface area is 197 Å². The number of piperidine rings is 1. The molecule has 1 aromatic heterocycles. The van der Waals surface area contributed by atoms with Gasteiger partial charge in [0.25, 0.3) is 0 Å². The van der Waals surface area contributed by atoms with Gasteiger partial charge in [0.2, 0.25) is 15.9 Å². The number of hydrogen-bond donors (Lipinski definition) is 2. The first kappa shape index (κ1) is 23.6. The monoisotopic (exact) mass is 487 g/mol. The van der Waals surface area contributed by atoms with Crippen molar-refractivity contribution in [3.63, 3.8) is 0 Å². The minimum absolute atomic E-state index is 0.0355. The van der Waals surface area contributed by atoms with E-state index in [9.17, 15) is 17.6 Å². The lowest BCUT2D eigenvalue weighted by Crippen LogP contribution is -2.35. The summed E-state index contributed by atoms with van der Waals surface area (Å²) < 4.78 is 40.4. The molecule has 1 aliphatic rings. The maximum absolute atomic E-state index is 13.3. The quantitative estimate of drug-likeness (QED) is 0.494. The van der Waals surface area contributed by atoms with Crippen LogP contribution >= 0.6 is 11.3 Å². The van der Waals surface area contributed by atoms with E-state index in [-0.39, 0.29) is 29.2 Å². The molecule has 1 fully saturated rings. The van der Waals surface area contributed by atoms with Gasteiger partial charge in [0.15, 0.2) is 0 Å². The third-order valence-corrected chi connectivity index (χ3v) is 8.44. The maximum Gasteiger partial charge on any atom is 0.243 e. The fraction of sp³-hybridized carbons (Fsp3) is 0.292. The Kier molecular flexibility index (Phi) is 7.54. The summed E-state index contributed by atoms with van der Waals surface area (Å²) in [6, 6.07) is 16.1. The minimum Gasteiger partial charge on any atom is -0.325 e. The third-order valence-electron chi connectivity index (χ3n) is 5.59. The Bertz CT molecular complexity index is 1160. The van der Waals surface area contributed by atoms with Crippen LogP contribution in [0.3, 0.4) is 0 Å². The number of nitrogens with one attached hydrogen (secondary N) is 2. The van der Waals surface area contributed by atoms with Crippen molar-refractivity contribution in [3.05, 3.63) is 82.3 Å². The molecule has 1 saturated heterocycles. The Morgan fingerprint density at radius 2 is 1.70 bits per heavy atom. The van der Waals surface area contributed by atoms with Crippen molar-refractivity contribution in [3.8, 4) is 0 Å². The highest BCUT2D eigenvalue weighted by molar-refractivity contribution is 7.89. The van der Waals surface area contributed by atoms with Crippen LogP contribution in [0.5, 0.6) is 0 Å². The predicted molar refractivity (Wildman–Crippen MR) is 128 cm³/mol. The largest absolute Gasteiger partial charge is 0.325 e. The van der Waals surface area contributed by atoms with Crippen molar-refractivity contribution in [2.75, 3.05) is 25.0 Å². The first-order valence-corrected chi connectivity index (χ1v) is 13.2. The molecule has 33 heavy (non-hydrogen) atoms. The SMILES string of the molecule is O=C(CNC(c1ccc(F)cc1)c1cccs1)Nc1ccc(S(=O)(=O)N2CCCCC2)cc1. The van der Waals surface area contributed by atoms with Crippen LogP contribution in [0.25, 0.3) is 0 Å². The van der Waals surface area contributed by atoms with Crippen LogP contribution in [-0.2, 0) is 14.8 Å². The van der Waals surface area contributed by atoms with Crippen molar-refractivity contribution < 1.29 is 17.6 Å². The average molecular weight is 488 g/mol. The second-order valence-corrected chi connectivity index (χ2v) is 10.8. The molecule has 1 amide bonds. The van der Waals surface area contributed by atoms with Crippen LogP contribution in [0.4, 0.5) is 10.1 Å². The molecule has 1 aliphatic heterocycles. The number of hydrogen-bond acceptors (Lipinski definition) is 5. The zero-order chi connectivity index (χ0) is 23.3. The Morgan fingerprint density at radius 1 is 1.00 bits per heavy atom. The normalized spacial score (nSPS) is 15.8. The van der Waals surface area contributed by atoms with Gasteiger partial charge < -0.3 is 5.32 Å². The van der Waals surface area contributed by atoms with E-state index in [2.05, 4.69) is 10.6 Å². The zero-order valence-corrected chi connectivity index (χ0v) is 19.7. The summed E-state index contributed by atoms with van der Waals surface area (Å²) in [7, 11) is -3.50. The average Bonchev–Trinajstić information content (AvgIpc) is 3.36. The number of halogens is 1. The van der Waals surface area contributed by atoms with E-state index in [4.69, 9.17) is 0 Å². The lowest BCUT2D eigenvalue weighted by atomic mass is 10.1. The van der Waals surface area contributed by atoms with Crippen molar-refractivity contribution >= 4 is 33.0 Å². The van der Waals surface area contributed by atoms with Crippen molar-refractivity contribution in [2.45, 2.75) is 30.2 Å². The predicted octanol–water partition coefficient (Wildman–Crippen LogP) is 4.38. The number of nitrogens with zero attached hydrogens (tertiary/aromatic N) is 1. The fourth-order valence-corrected chi connectivity index (χ4v) is 6.20. The molecule has 3 aromatic rings. The van der Waals surface area contributed by atoms with E-state index in [1.807, 2.05) is 17.5 Å². The van der Waals surface area contributed by atoms with Gasteiger partial charge in [-0.15, -0.1) is 11.3 Å². The molecule has 0 spiro atoms. The molecule has 2 heterocycles. The van der Waals surface area contributed by atoms with Crippen LogP contribution in [0.2, 0.25) is 0 Å². The van der Waals surface area contributed by atoms with Crippen LogP contribution in [0, 0.1) is 5.82 Å². The molecule has 6 nitrogen and oxygen atoms in total. The molecule has 2 N–H and O–H groups in total. The van der Waals surface area contributed by atoms with E-state index in [0.717, 1.165) is 29.7 Å². The number of rotatable bonds is 8. The molecule has 1 unspecified atom stereocenters. The van der Waals surface area contributed by atoms with Gasteiger partial charge in [0.05, 0.1) is 17.5 Å². The molecule has 0 radical (unpaired) electrons. The molecular formula is C24H26FN3O3S2. The lowest BCUT2D eigenvalue weighted by molar-refractivity contribution is -0.115. The second-order valence-electron chi connectivity index (χ2n) is 7.92. The molecule has 1 atom stereocenters. The van der Waals surface area contributed by atoms with E-state index in [1.165, 1.54) is 28.6 Å². The molecule has 2 aromatic carbocycles. The van der Waals surface area contributed by atoms with E-state index >= 15 is 0 Å². The fourth-order valence-electron chi connectivity index (χ4n) is 3.86. The molecular weight excluding hydrogens is 461 g/mol. The maximum atomic E-state index is 13.3. The minimum atomic E-state index is -3.50. The summed E-state index contributed by atoms with van der Waals surface area (Å²) in [6.07, 6.45) is 2.81. The van der Waals surface area contributed by atoms with Gasteiger partial charge in [0.1, 0.15) is 5.82 Å². The highest BCUT2D eigenvalue weighted by Crippen LogP contribution is 2.26. The van der Waals surface area contributed by atoms with Gasteiger partial charge in [-0.05, 0) is 66.2 Å². The molecule has 9 heteroatoms. The Hall–Kier alpha value is -2.59. The lowest BCUT2D eigenvalue weighted by Gasteiger charge is -2.25. The Morgan fingerprint density at radius 3 is 2.33 bits per heavy atom. The van der Waals surface area contributed by atoms with Gasteiger partial charge in [-0.3, -0.25) is 10.1 Å². The number of thiophene rings is 1. The number of anilines is 1. The van der Waals surface area contributed by atoms with Gasteiger partial charge >= 0.3 is 0 Å². The summed E-state index contributed by atoms with van der Waals surface area (Å²) in [4.78, 5) is 13.8. The number of amides is 1. The number of benzene rings is 2. The first-order valence-electron chi connectivity index (χ1n) is 10.9. The van der Waals surface area contributed by atoms with Gasteiger partial charge in [-0.1, -0.05) is 24.6 Å². The summed E-state index contributed by atoms with van der Waals surface area (Å²) in [5.74, 6) is -0.572. The number of carbonyl (C=O) groups is 1. The molecule has 0 aliphatic carbocycles. The zero-order valence-electron chi connectivity index (χ0n) is 18.0. The second kappa shape index (κ2) is 10.6. The van der Waals surface area contributed by atoms with Crippen LogP contribution in [0.15, 0.2) is 70.9 Å². The summed E-state index contributed by atoms with van der Waals surface area (Å²) >= 11 is 1.55. The van der Waals surface area contributed by atoms with Crippen molar-refractivity contribution in [1.29, 1.82) is 0 Å². The summed E-state index contributed by atoms with van der Waals surface area (Å²) in [5, 5.41) is 7.98. The van der Waals surface area contributed by atoms with Gasteiger partial charge in [-0.2, -0.15) is 4.31 Å². The van der Waals surface area contributed by atoms with Crippen molar-refractivity contribution in [1.82, 2.24) is 9.62 Å². The van der Waals surface area contributed by atoms with E-state index in [1.54, 1.807) is 35.6 Å². The standard InChI is InChI=1S/C24H26FN3O3S2/c25-19-8-6-18(7-9-19)24(22-5-4-16-32-22)26-17-23(29)27-20-10-12-21(13-11-20)33(30,31)28-14-2-1-3-15-28/h4-13,16,24,26H,1-3,14-15,17H2,(H,27,29). The van der Waals surface area contributed by atoms with Crippen molar-refractivity contribution in [2.24, 2.45) is 0 Å². The van der Waals surface area contributed by atoms with Crippen LogP contribution in [-0.4, -0.2) is 38.3 Å². The number of sulfonamides is 1. The third kappa shape index (κ3) is 5.86. The van der Waals surface area contributed by atoms with Gasteiger partial charge in [0, 0.05) is 23.7 Å². The molecule has 0 saturated carbocycles. The molecule has 0 bridgehead atoms.